The molecule has 0 unspecified atom stereocenters. The molecule has 21 heavy (non-hydrogen) atoms. The van der Waals surface area contributed by atoms with E-state index in [0.717, 1.165) is 27.4 Å². The Morgan fingerprint density at radius 2 is 1.71 bits per heavy atom. The fourth-order valence-corrected chi connectivity index (χ4v) is 2.50. The van der Waals surface area contributed by atoms with E-state index in [2.05, 4.69) is 15.9 Å². The molecule has 108 valence electrons. The van der Waals surface area contributed by atoms with Crippen LogP contribution in [0.1, 0.15) is 19.4 Å². The van der Waals surface area contributed by atoms with E-state index in [-0.39, 0.29) is 5.63 Å². The summed E-state index contributed by atoms with van der Waals surface area (Å²) in [4.78, 5) is 11.7. The Bertz CT molecular complexity index is 776. The monoisotopic (exact) mass is 344 g/mol. The van der Waals surface area contributed by atoms with Crippen LogP contribution in [0, 0.1) is 0 Å². The first kappa shape index (κ1) is 15.5. The summed E-state index contributed by atoms with van der Waals surface area (Å²) in [6.07, 6.45) is 0. The van der Waals surface area contributed by atoms with Crippen molar-refractivity contribution in [1.29, 1.82) is 0 Å². The van der Waals surface area contributed by atoms with Gasteiger partial charge in [0.25, 0.3) is 0 Å². The van der Waals surface area contributed by atoms with E-state index in [9.17, 15) is 4.79 Å². The van der Waals surface area contributed by atoms with Crippen molar-refractivity contribution in [3.05, 3.63) is 70.6 Å². The summed E-state index contributed by atoms with van der Waals surface area (Å²) in [5, 5.41) is 1.69. The SMILES string of the molecule is CC.O=c1cc(-c2ccccc2)c2ccc(CBr)cc2o1. The molecule has 0 radical (unpaired) electrons. The molecule has 0 saturated heterocycles. The molecule has 0 aliphatic rings. The van der Waals surface area contributed by atoms with E-state index >= 15 is 0 Å². The first-order chi connectivity index (χ1) is 10.3. The highest BCUT2D eigenvalue weighted by atomic mass is 79.9. The lowest BCUT2D eigenvalue weighted by molar-refractivity contribution is 0.561. The van der Waals surface area contributed by atoms with Crippen LogP contribution in [0.15, 0.2) is 63.8 Å². The Kier molecular flexibility index (Phi) is 5.34. The molecule has 3 rings (SSSR count). The molecule has 3 heteroatoms. The maximum atomic E-state index is 11.7. The fourth-order valence-electron chi connectivity index (χ4n) is 2.15. The van der Waals surface area contributed by atoms with Gasteiger partial charge in [-0.1, -0.05) is 72.2 Å². The topological polar surface area (TPSA) is 30.2 Å². The van der Waals surface area contributed by atoms with Gasteiger partial charge in [0.05, 0.1) is 0 Å². The van der Waals surface area contributed by atoms with E-state index in [0.29, 0.717) is 5.58 Å². The molecular formula is C18H17BrO2. The molecule has 0 spiro atoms. The zero-order valence-electron chi connectivity index (χ0n) is 12.1. The first-order valence-electron chi connectivity index (χ1n) is 6.96. The lowest BCUT2D eigenvalue weighted by Crippen LogP contribution is -1.98. The minimum atomic E-state index is -0.321. The van der Waals surface area contributed by atoms with Gasteiger partial charge in [0.1, 0.15) is 5.58 Å². The second kappa shape index (κ2) is 7.23. The highest BCUT2D eigenvalue weighted by Crippen LogP contribution is 2.28. The Morgan fingerprint density at radius 3 is 2.38 bits per heavy atom. The number of hydrogen-bond acceptors (Lipinski definition) is 2. The van der Waals surface area contributed by atoms with Crippen LogP contribution in [-0.4, -0.2) is 0 Å². The summed E-state index contributed by atoms with van der Waals surface area (Å²) in [6.45, 7) is 4.00. The molecule has 1 aromatic heterocycles. The molecule has 3 aromatic rings. The van der Waals surface area contributed by atoms with Gasteiger partial charge in [0.15, 0.2) is 0 Å². The van der Waals surface area contributed by atoms with Crippen LogP contribution in [-0.2, 0) is 5.33 Å². The second-order valence-electron chi connectivity index (χ2n) is 4.31. The molecule has 0 atom stereocenters. The second-order valence-corrected chi connectivity index (χ2v) is 4.87. The van der Waals surface area contributed by atoms with E-state index in [1.54, 1.807) is 6.07 Å². The van der Waals surface area contributed by atoms with Gasteiger partial charge >= 0.3 is 5.63 Å². The maximum absolute atomic E-state index is 11.7. The van der Waals surface area contributed by atoms with Crippen LogP contribution in [0.2, 0.25) is 0 Å². The summed E-state index contributed by atoms with van der Waals surface area (Å²) >= 11 is 3.41. The van der Waals surface area contributed by atoms with Crippen LogP contribution in [0.5, 0.6) is 0 Å². The lowest BCUT2D eigenvalue weighted by atomic mass is 10.0. The Labute approximate surface area is 132 Å². The van der Waals surface area contributed by atoms with Crippen molar-refractivity contribution >= 4 is 26.9 Å². The summed E-state index contributed by atoms with van der Waals surface area (Å²) < 4.78 is 5.29. The number of hydrogen-bond donors (Lipinski definition) is 0. The van der Waals surface area contributed by atoms with Gasteiger partial charge in [-0.05, 0) is 22.8 Å². The zero-order chi connectivity index (χ0) is 15.2. The largest absolute Gasteiger partial charge is 0.423 e. The van der Waals surface area contributed by atoms with Crippen molar-refractivity contribution < 1.29 is 4.42 Å². The highest BCUT2D eigenvalue weighted by molar-refractivity contribution is 9.08. The minimum absolute atomic E-state index is 0.321. The standard InChI is InChI=1S/C16H11BrO2.C2H6/c17-10-11-6-7-13-14(12-4-2-1-3-5-12)9-16(18)19-15(13)8-11;1-2/h1-9H,10H2;1-2H3. The third kappa shape index (κ3) is 3.42. The number of fused-ring (bicyclic) bond motifs is 1. The smallest absolute Gasteiger partial charge is 0.336 e. The number of rotatable bonds is 2. The quantitative estimate of drug-likeness (QED) is 0.461. The molecule has 0 aliphatic heterocycles. The minimum Gasteiger partial charge on any atom is -0.423 e. The predicted molar refractivity (Wildman–Crippen MR) is 91.9 cm³/mol. The van der Waals surface area contributed by atoms with Crippen LogP contribution >= 0.6 is 15.9 Å². The molecule has 1 heterocycles. The zero-order valence-corrected chi connectivity index (χ0v) is 13.7. The van der Waals surface area contributed by atoms with Gasteiger partial charge in [0.2, 0.25) is 0 Å². The maximum Gasteiger partial charge on any atom is 0.336 e. The molecule has 0 fully saturated rings. The van der Waals surface area contributed by atoms with Crippen molar-refractivity contribution in [3.63, 3.8) is 0 Å². The van der Waals surface area contributed by atoms with E-state index in [4.69, 9.17) is 4.42 Å². The molecule has 0 aliphatic carbocycles. The fraction of sp³-hybridized carbons (Fsp3) is 0.167. The normalized spacial score (nSPS) is 10.0. The summed E-state index contributed by atoms with van der Waals surface area (Å²) in [5.74, 6) is 0. The van der Waals surface area contributed by atoms with Crippen molar-refractivity contribution in [2.45, 2.75) is 19.2 Å². The van der Waals surface area contributed by atoms with E-state index < -0.39 is 0 Å². The Hall–Kier alpha value is -1.87. The molecule has 0 bridgehead atoms. The number of benzene rings is 2. The van der Waals surface area contributed by atoms with E-state index in [1.807, 2.05) is 62.4 Å². The molecule has 0 amide bonds. The molecule has 0 N–H and O–H groups in total. The molecule has 0 saturated carbocycles. The average Bonchev–Trinajstić information content (AvgIpc) is 2.56. The molecule has 2 nitrogen and oxygen atoms in total. The van der Waals surface area contributed by atoms with Crippen molar-refractivity contribution in [3.8, 4) is 11.1 Å². The number of halogens is 1. The van der Waals surface area contributed by atoms with Crippen LogP contribution < -0.4 is 5.63 Å². The highest BCUT2D eigenvalue weighted by Gasteiger charge is 2.07. The summed E-state index contributed by atoms with van der Waals surface area (Å²) in [5.41, 5.74) is 3.32. The molecule has 2 aromatic carbocycles. The van der Waals surface area contributed by atoms with Gasteiger partial charge in [-0.25, -0.2) is 4.79 Å². The average molecular weight is 345 g/mol. The third-order valence-electron chi connectivity index (χ3n) is 3.05. The van der Waals surface area contributed by atoms with Gasteiger partial charge < -0.3 is 4.42 Å². The van der Waals surface area contributed by atoms with E-state index in [1.165, 1.54) is 0 Å². The van der Waals surface area contributed by atoms with Crippen molar-refractivity contribution in [2.75, 3.05) is 0 Å². The van der Waals surface area contributed by atoms with Gasteiger partial charge in [-0.3, -0.25) is 0 Å². The van der Waals surface area contributed by atoms with Gasteiger partial charge in [0, 0.05) is 16.8 Å². The molecular weight excluding hydrogens is 328 g/mol. The number of alkyl halides is 1. The summed E-state index contributed by atoms with van der Waals surface area (Å²) in [6, 6.07) is 17.3. The van der Waals surface area contributed by atoms with Gasteiger partial charge in [-0.2, -0.15) is 0 Å². The Balaban J connectivity index is 0.000000774. The van der Waals surface area contributed by atoms with Crippen molar-refractivity contribution in [2.24, 2.45) is 0 Å². The lowest BCUT2D eigenvalue weighted by Gasteiger charge is -2.06. The van der Waals surface area contributed by atoms with Crippen LogP contribution in [0.3, 0.4) is 0 Å². The first-order valence-corrected chi connectivity index (χ1v) is 8.08. The van der Waals surface area contributed by atoms with Crippen LogP contribution in [0.25, 0.3) is 22.1 Å². The van der Waals surface area contributed by atoms with Crippen molar-refractivity contribution in [1.82, 2.24) is 0 Å². The van der Waals surface area contributed by atoms with Gasteiger partial charge in [-0.15, -0.1) is 0 Å². The third-order valence-corrected chi connectivity index (χ3v) is 3.70. The van der Waals surface area contributed by atoms with Crippen LogP contribution in [0.4, 0.5) is 0 Å². The predicted octanol–water partition coefficient (Wildman–Crippen LogP) is 5.38. The summed E-state index contributed by atoms with van der Waals surface area (Å²) in [7, 11) is 0. The Morgan fingerprint density at radius 1 is 1.00 bits per heavy atom.